The van der Waals surface area contributed by atoms with Gasteiger partial charge in [-0.05, 0) is 42.0 Å². The van der Waals surface area contributed by atoms with Gasteiger partial charge in [0.05, 0.1) is 6.21 Å². The third kappa shape index (κ3) is 4.64. The van der Waals surface area contributed by atoms with Gasteiger partial charge >= 0.3 is 11.9 Å². The van der Waals surface area contributed by atoms with Crippen molar-refractivity contribution in [2.45, 2.75) is 12.6 Å². The molecule has 3 aliphatic rings. The zero-order chi connectivity index (χ0) is 25.2. The van der Waals surface area contributed by atoms with Crippen molar-refractivity contribution in [3.63, 3.8) is 0 Å². The summed E-state index contributed by atoms with van der Waals surface area (Å²) in [6, 6.07) is 9.97. The summed E-state index contributed by atoms with van der Waals surface area (Å²) in [6.07, 6.45) is 2.76. The summed E-state index contributed by atoms with van der Waals surface area (Å²) < 4.78 is 27.7. The molecule has 2 aromatic carbocycles. The summed E-state index contributed by atoms with van der Waals surface area (Å²) in [5.74, 6) is -1.46. The minimum Gasteiger partial charge on any atom is -0.368 e. The van der Waals surface area contributed by atoms with Gasteiger partial charge in [0, 0.05) is 31.9 Å². The lowest BCUT2D eigenvalue weighted by Crippen LogP contribution is -2.59. The number of rotatable bonds is 5. The second kappa shape index (κ2) is 9.76. The number of nitrogens with zero attached hydrogens (tertiary/aromatic N) is 6. The zero-order valence-electron chi connectivity index (χ0n) is 19.3. The molecule has 0 aromatic heterocycles. The first-order valence-electron chi connectivity index (χ1n) is 11.5. The molecule has 0 radical (unpaired) electrons. The SMILES string of the molecule is O=C(C[N+]1=C2N=CC=NC2C(=O)N(Cc2ccc(F)cc2)C1=O)N1CCN(c2ccc(F)cc2)CC1. The van der Waals surface area contributed by atoms with Crippen molar-refractivity contribution in [1.82, 2.24) is 9.80 Å². The molecule has 0 N–H and O–H groups in total. The number of hydrogen-bond donors (Lipinski definition) is 0. The van der Waals surface area contributed by atoms with Gasteiger partial charge in [0.1, 0.15) is 24.4 Å². The number of urea groups is 1. The molecular formula is C25H23F2N6O3+. The van der Waals surface area contributed by atoms with E-state index in [0.717, 1.165) is 10.6 Å². The van der Waals surface area contributed by atoms with Crippen LogP contribution >= 0.6 is 0 Å². The summed E-state index contributed by atoms with van der Waals surface area (Å²) in [4.78, 5) is 52.6. The fourth-order valence-electron chi connectivity index (χ4n) is 4.42. The maximum atomic E-state index is 13.3. The Balaban J connectivity index is 1.31. The number of carbonyl (C=O) groups excluding carboxylic acids is 3. The Morgan fingerprint density at radius 1 is 0.917 bits per heavy atom. The van der Waals surface area contributed by atoms with Gasteiger partial charge in [-0.15, -0.1) is 4.99 Å². The topological polar surface area (TPSA) is 88.7 Å². The van der Waals surface area contributed by atoms with Crippen molar-refractivity contribution in [1.29, 1.82) is 0 Å². The first-order valence-corrected chi connectivity index (χ1v) is 11.5. The number of imide groups is 1. The molecule has 1 saturated heterocycles. The van der Waals surface area contributed by atoms with Crippen molar-refractivity contribution in [3.8, 4) is 0 Å². The minimum absolute atomic E-state index is 0.0814. The molecule has 11 heteroatoms. The van der Waals surface area contributed by atoms with E-state index in [1.165, 1.54) is 53.4 Å². The van der Waals surface area contributed by atoms with Gasteiger partial charge in [0.25, 0.3) is 11.7 Å². The van der Waals surface area contributed by atoms with Gasteiger partial charge in [0.2, 0.25) is 6.04 Å². The monoisotopic (exact) mass is 493 g/mol. The second-order valence-electron chi connectivity index (χ2n) is 8.60. The second-order valence-corrected chi connectivity index (χ2v) is 8.60. The van der Waals surface area contributed by atoms with Gasteiger partial charge in [-0.2, -0.15) is 9.48 Å². The van der Waals surface area contributed by atoms with Crippen molar-refractivity contribution in [3.05, 3.63) is 65.7 Å². The Labute approximate surface area is 205 Å². The lowest BCUT2D eigenvalue weighted by Gasteiger charge is -2.36. The highest BCUT2D eigenvalue weighted by Crippen LogP contribution is 2.19. The summed E-state index contributed by atoms with van der Waals surface area (Å²) in [6.45, 7) is 1.60. The van der Waals surface area contributed by atoms with Gasteiger partial charge in [-0.3, -0.25) is 14.6 Å². The van der Waals surface area contributed by atoms with Crippen LogP contribution in [0.5, 0.6) is 0 Å². The molecule has 0 aliphatic carbocycles. The van der Waals surface area contributed by atoms with E-state index in [4.69, 9.17) is 0 Å². The van der Waals surface area contributed by atoms with Gasteiger partial charge in [-0.25, -0.2) is 13.6 Å². The van der Waals surface area contributed by atoms with Gasteiger partial charge in [0.15, 0.2) is 6.54 Å². The van der Waals surface area contributed by atoms with Crippen LogP contribution < -0.4 is 4.90 Å². The number of amides is 4. The number of aliphatic imine (C=N–C) groups is 2. The number of benzene rings is 2. The van der Waals surface area contributed by atoms with Crippen LogP contribution in [0, 0.1) is 11.6 Å². The summed E-state index contributed by atoms with van der Waals surface area (Å²) in [5.41, 5.74) is 1.44. The fourth-order valence-corrected chi connectivity index (χ4v) is 4.42. The number of anilines is 1. The van der Waals surface area contributed by atoms with E-state index in [0.29, 0.717) is 31.7 Å². The molecule has 36 heavy (non-hydrogen) atoms. The Kier molecular flexibility index (Phi) is 6.36. The van der Waals surface area contributed by atoms with Crippen LogP contribution in [0.4, 0.5) is 19.3 Å². The highest BCUT2D eigenvalue weighted by molar-refractivity contribution is 6.26. The molecule has 5 rings (SSSR count). The Hall–Kier alpha value is -4.28. The Bertz CT molecular complexity index is 1280. The Morgan fingerprint density at radius 3 is 2.22 bits per heavy atom. The number of halogens is 2. The first-order chi connectivity index (χ1) is 17.4. The lowest BCUT2D eigenvalue weighted by molar-refractivity contribution is -0.431. The van der Waals surface area contributed by atoms with E-state index in [1.54, 1.807) is 17.0 Å². The van der Waals surface area contributed by atoms with Gasteiger partial charge < -0.3 is 9.80 Å². The molecule has 1 unspecified atom stereocenters. The minimum atomic E-state index is -1.03. The number of fused-ring (bicyclic) bond motifs is 1. The number of carbonyl (C=O) groups is 3. The normalized spacial score (nSPS) is 19.7. The van der Waals surface area contributed by atoms with E-state index in [2.05, 4.69) is 14.9 Å². The third-order valence-electron chi connectivity index (χ3n) is 6.36. The molecule has 2 aromatic rings. The zero-order valence-corrected chi connectivity index (χ0v) is 19.3. The van der Waals surface area contributed by atoms with Crippen LogP contribution in [0.2, 0.25) is 0 Å². The van der Waals surface area contributed by atoms with E-state index < -0.39 is 23.8 Å². The first kappa shape index (κ1) is 23.5. The number of hydrogen-bond acceptors (Lipinski definition) is 6. The van der Waals surface area contributed by atoms with Crippen molar-refractivity contribution >= 4 is 41.8 Å². The summed E-state index contributed by atoms with van der Waals surface area (Å²) in [7, 11) is 0. The third-order valence-corrected chi connectivity index (χ3v) is 6.36. The van der Waals surface area contributed by atoms with Crippen LogP contribution in [0.1, 0.15) is 5.56 Å². The lowest BCUT2D eigenvalue weighted by atomic mass is 10.1. The molecule has 0 spiro atoms. The molecular weight excluding hydrogens is 470 g/mol. The smallest absolute Gasteiger partial charge is 0.368 e. The maximum Gasteiger partial charge on any atom is 0.446 e. The maximum absolute atomic E-state index is 13.3. The van der Waals surface area contributed by atoms with Crippen LogP contribution in [0.3, 0.4) is 0 Å². The van der Waals surface area contributed by atoms with Crippen LogP contribution in [-0.4, -0.2) is 89.3 Å². The quantitative estimate of drug-likeness (QED) is 0.594. The van der Waals surface area contributed by atoms with E-state index in [9.17, 15) is 23.2 Å². The van der Waals surface area contributed by atoms with Crippen LogP contribution in [0.15, 0.2) is 58.5 Å². The fraction of sp³-hybridized carbons (Fsp3) is 0.280. The summed E-state index contributed by atoms with van der Waals surface area (Å²) >= 11 is 0. The van der Waals surface area contributed by atoms with Crippen LogP contribution in [0.25, 0.3) is 0 Å². The molecule has 1 fully saturated rings. The molecule has 9 nitrogen and oxygen atoms in total. The summed E-state index contributed by atoms with van der Waals surface area (Å²) in [5, 5.41) is 0. The van der Waals surface area contributed by atoms with Crippen LogP contribution in [-0.2, 0) is 16.1 Å². The molecule has 0 bridgehead atoms. The molecule has 184 valence electrons. The van der Waals surface area contributed by atoms with Crippen molar-refractivity contribution in [2.24, 2.45) is 9.98 Å². The van der Waals surface area contributed by atoms with E-state index in [1.807, 2.05) is 0 Å². The Morgan fingerprint density at radius 2 is 1.56 bits per heavy atom. The van der Waals surface area contributed by atoms with Gasteiger partial charge in [-0.1, -0.05) is 12.1 Å². The van der Waals surface area contributed by atoms with E-state index in [-0.39, 0.29) is 30.6 Å². The largest absolute Gasteiger partial charge is 0.446 e. The molecule has 4 amide bonds. The van der Waals surface area contributed by atoms with Crippen molar-refractivity contribution in [2.75, 3.05) is 37.6 Å². The highest BCUT2D eigenvalue weighted by Gasteiger charge is 2.48. The molecule has 1 atom stereocenters. The molecule has 3 aliphatic heterocycles. The highest BCUT2D eigenvalue weighted by atomic mass is 19.1. The van der Waals surface area contributed by atoms with E-state index >= 15 is 0 Å². The predicted octanol–water partition coefficient (Wildman–Crippen LogP) is 1.71. The molecule has 3 heterocycles. The molecule has 0 saturated carbocycles. The van der Waals surface area contributed by atoms with Crippen molar-refractivity contribution < 1.29 is 27.7 Å². The number of amidine groups is 1. The average molecular weight is 493 g/mol. The average Bonchev–Trinajstić information content (AvgIpc) is 2.90. The predicted molar refractivity (Wildman–Crippen MR) is 128 cm³/mol. The standard InChI is InChI=1S/C25H23F2N6O3/c26-18-3-1-17(2-4-18)15-33-24(35)22-23(29-10-9-28-22)32(25(33)36)16-21(34)31-13-11-30(12-14-31)20-7-5-19(27)6-8-20/h1-10,22H,11-16H2/q+1. The number of piperazine rings is 1.